The molecule has 1 atom stereocenters. The van der Waals surface area contributed by atoms with Crippen molar-refractivity contribution in [2.45, 2.75) is 17.3 Å². The van der Waals surface area contributed by atoms with Crippen LogP contribution in [0.4, 0.5) is 0 Å². The quantitative estimate of drug-likeness (QED) is 0.859. The zero-order chi connectivity index (χ0) is 14.8. The van der Waals surface area contributed by atoms with Crippen molar-refractivity contribution in [1.29, 1.82) is 0 Å². The van der Waals surface area contributed by atoms with Gasteiger partial charge in [-0.05, 0) is 12.5 Å². The van der Waals surface area contributed by atoms with E-state index in [9.17, 15) is 8.42 Å². The van der Waals surface area contributed by atoms with E-state index in [4.69, 9.17) is 11.6 Å². The van der Waals surface area contributed by atoms with Crippen molar-refractivity contribution in [3.05, 3.63) is 47.9 Å². The molecule has 1 unspecified atom stereocenters. The first-order chi connectivity index (χ1) is 9.40. The maximum absolute atomic E-state index is 12.1. The molecule has 0 aliphatic heterocycles. The van der Waals surface area contributed by atoms with Gasteiger partial charge in [0, 0.05) is 19.8 Å². The normalized spacial score (nSPS) is 13.3. The average Bonchev–Trinajstić information content (AvgIpc) is 2.78. The lowest BCUT2D eigenvalue weighted by Crippen LogP contribution is -2.27. The molecule has 0 aliphatic rings. The summed E-state index contributed by atoms with van der Waals surface area (Å²) in [4.78, 5) is 4.00. The molecule has 2 aromatic rings. The fourth-order valence-electron chi connectivity index (χ4n) is 1.69. The third-order valence-corrected chi connectivity index (χ3v) is 4.68. The SMILES string of the molecule is Cc1nc(S(=O)(=O)NCC(Cl)c2ccccc2)cn1C. The Bertz CT molecular complexity index is 663. The van der Waals surface area contributed by atoms with Gasteiger partial charge in [0.2, 0.25) is 0 Å². The minimum absolute atomic E-state index is 0.00873. The van der Waals surface area contributed by atoms with Crippen LogP contribution < -0.4 is 4.72 Å². The molecule has 2 rings (SSSR count). The Hall–Kier alpha value is -1.37. The molecule has 0 amide bonds. The van der Waals surface area contributed by atoms with Gasteiger partial charge in [-0.15, -0.1) is 11.6 Å². The number of aromatic nitrogens is 2. The maximum atomic E-state index is 12.1. The number of hydrogen-bond acceptors (Lipinski definition) is 3. The largest absolute Gasteiger partial charge is 0.337 e. The molecular formula is C13H16ClN3O2S. The molecule has 108 valence electrons. The van der Waals surface area contributed by atoms with Crippen LogP contribution in [0.3, 0.4) is 0 Å². The van der Waals surface area contributed by atoms with Gasteiger partial charge < -0.3 is 4.57 Å². The maximum Gasteiger partial charge on any atom is 0.259 e. The van der Waals surface area contributed by atoms with Crippen LogP contribution in [0.15, 0.2) is 41.6 Å². The number of rotatable bonds is 5. The molecule has 0 spiro atoms. The summed E-state index contributed by atoms with van der Waals surface area (Å²) in [6.45, 7) is 1.86. The zero-order valence-corrected chi connectivity index (χ0v) is 12.8. The first kappa shape index (κ1) is 15.0. The molecular weight excluding hydrogens is 298 g/mol. The van der Waals surface area contributed by atoms with Gasteiger partial charge >= 0.3 is 0 Å². The second-order valence-corrected chi connectivity index (χ2v) is 6.71. The Morgan fingerprint density at radius 2 is 2.00 bits per heavy atom. The molecule has 0 saturated carbocycles. The van der Waals surface area contributed by atoms with Crippen molar-refractivity contribution in [1.82, 2.24) is 14.3 Å². The first-order valence-electron chi connectivity index (χ1n) is 6.09. The van der Waals surface area contributed by atoms with Gasteiger partial charge in [0.1, 0.15) is 5.82 Å². The third-order valence-electron chi connectivity index (χ3n) is 2.98. The van der Waals surface area contributed by atoms with Crippen LogP contribution in [0.2, 0.25) is 0 Å². The molecule has 1 aromatic carbocycles. The topological polar surface area (TPSA) is 64.0 Å². The van der Waals surface area contributed by atoms with Crippen LogP contribution in [-0.2, 0) is 17.1 Å². The number of imidazole rings is 1. The van der Waals surface area contributed by atoms with Crippen LogP contribution in [0.1, 0.15) is 16.8 Å². The van der Waals surface area contributed by atoms with Gasteiger partial charge in [0.25, 0.3) is 10.0 Å². The Morgan fingerprint density at radius 1 is 1.35 bits per heavy atom. The van der Waals surface area contributed by atoms with Gasteiger partial charge in [-0.3, -0.25) is 0 Å². The summed E-state index contributed by atoms with van der Waals surface area (Å²) in [5.74, 6) is 0.635. The van der Waals surface area contributed by atoms with E-state index in [1.54, 1.807) is 18.5 Å². The van der Waals surface area contributed by atoms with Crippen molar-refractivity contribution < 1.29 is 8.42 Å². The number of aryl methyl sites for hydroxylation is 2. The predicted molar refractivity (Wildman–Crippen MR) is 78.2 cm³/mol. The number of benzene rings is 1. The second kappa shape index (κ2) is 5.95. The third kappa shape index (κ3) is 3.39. The van der Waals surface area contributed by atoms with E-state index < -0.39 is 15.4 Å². The lowest BCUT2D eigenvalue weighted by atomic mass is 10.1. The minimum Gasteiger partial charge on any atom is -0.337 e. The van der Waals surface area contributed by atoms with E-state index in [-0.39, 0.29) is 11.6 Å². The van der Waals surface area contributed by atoms with Gasteiger partial charge in [0.15, 0.2) is 5.03 Å². The molecule has 0 radical (unpaired) electrons. The number of hydrogen-bond donors (Lipinski definition) is 1. The summed E-state index contributed by atoms with van der Waals surface area (Å²) >= 11 is 6.18. The Labute approximate surface area is 123 Å². The summed E-state index contributed by atoms with van der Waals surface area (Å²) < 4.78 is 28.3. The summed E-state index contributed by atoms with van der Waals surface area (Å²) in [7, 11) is -1.89. The van der Waals surface area contributed by atoms with Crippen LogP contribution in [0.5, 0.6) is 0 Å². The molecule has 5 nitrogen and oxygen atoms in total. The highest BCUT2D eigenvalue weighted by atomic mass is 35.5. The number of sulfonamides is 1. The van der Waals surface area contributed by atoms with E-state index in [0.29, 0.717) is 5.82 Å². The van der Waals surface area contributed by atoms with Gasteiger partial charge in [-0.2, -0.15) is 0 Å². The van der Waals surface area contributed by atoms with Crippen molar-refractivity contribution in [2.24, 2.45) is 7.05 Å². The molecule has 0 aliphatic carbocycles. The van der Waals surface area contributed by atoms with Gasteiger partial charge in [-0.1, -0.05) is 30.3 Å². The van der Waals surface area contributed by atoms with Crippen molar-refractivity contribution in [3.63, 3.8) is 0 Å². The van der Waals surface area contributed by atoms with Gasteiger partial charge in [-0.25, -0.2) is 18.1 Å². The Morgan fingerprint density at radius 3 is 2.55 bits per heavy atom. The minimum atomic E-state index is -3.63. The summed E-state index contributed by atoms with van der Waals surface area (Å²) in [6.07, 6.45) is 1.48. The molecule has 1 aromatic heterocycles. The summed E-state index contributed by atoms with van der Waals surface area (Å²) in [5.41, 5.74) is 0.870. The molecule has 0 fully saturated rings. The fourth-order valence-corrected chi connectivity index (χ4v) is 3.09. The van der Waals surface area contributed by atoms with Crippen LogP contribution in [-0.4, -0.2) is 24.5 Å². The monoisotopic (exact) mass is 313 g/mol. The standard InChI is InChI=1S/C13H16ClN3O2S/c1-10-16-13(9-17(10)2)20(18,19)15-8-12(14)11-6-4-3-5-7-11/h3-7,9,12,15H,8H2,1-2H3. The van der Waals surface area contributed by atoms with Crippen LogP contribution in [0, 0.1) is 6.92 Å². The number of nitrogens with one attached hydrogen (secondary N) is 1. The first-order valence-corrected chi connectivity index (χ1v) is 8.01. The smallest absolute Gasteiger partial charge is 0.259 e. The van der Waals surface area contributed by atoms with Gasteiger partial charge in [0.05, 0.1) is 5.38 Å². The number of halogens is 1. The molecule has 20 heavy (non-hydrogen) atoms. The predicted octanol–water partition coefficient (Wildman–Crippen LogP) is 1.99. The van der Waals surface area contributed by atoms with Crippen molar-refractivity contribution in [3.8, 4) is 0 Å². The number of nitrogens with zero attached hydrogens (tertiary/aromatic N) is 2. The molecule has 1 heterocycles. The highest BCUT2D eigenvalue weighted by molar-refractivity contribution is 7.89. The molecule has 7 heteroatoms. The van der Waals surface area contributed by atoms with E-state index in [2.05, 4.69) is 9.71 Å². The Kier molecular flexibility index (Phi) is 4.47. The Balaban J connectivity index is 2.06. The highest BCUT2D eigenvalue weighted by Crippen LogP contribution is 2.19. The fraction of sp³-hybridized carbons (Fsp3) is 0.308. The molecule has 0 bridgehead atoms. The second-order valence-electron chi connectivity index (χ2n) is 4.47. The van der Waals surface area contributed by atoms with E-state index in [0.717, 1.165) is 5.56 Å². The highest BCUT2D eigenvalue weighted by Gasteiger charge is 2.20. The van der Waals surface area contributed by atoms with E-state index in [1.165, 1.54) is 6.20 Å². The van der Waals surface area contributed by atoms with Crippen molar-refractivity contribution in [2.75, 3.05) is 6.54 Å². The van der Waals surface area contributed by atoms with Crippen molar-refractivity contribution >= 4 is 21.6 Å². The number of alkyl halides is 1. The lowest BCUT2D eigenvalue weighted by Gasteiger charge is -2.10. The molecule has 0 saturated heterocycles. The summed E-state index contributed by atoms with van der Waals surface area (Å²) in [5, 5.41) is -0.412. The van der Waals surface area contributed by atoms with E-state index >= 15 is 0 Å². The van der Waals surface area contributed by atoms with Crippen LogP contribution in [0.25, 0.3) is 0 Å². The van der Waals surface area contributed by atoms with E-state index in [1.807, 2.05) is 30.3 Å². The zero-order valence-electron chi connectivity index (χ0n) is 11.2. The van der Waals surface area contributed by atoms with Crippen LogP contribution >= 0.6 is 11.6 Å². The average molecular weight is 314 g/mol. The molecule has 1 N–H and O–H groups in total. The summed E-state index contributed by atoms with van der Waals surface area (Å²) in [6, 6.07) is 9.32. The lowest BCUT2D eigenvalue weighted by molar-refractivity contribution is 0.577.